The number of hydrogen-bond acceptors (Lipinski definition) is 5. The van der Waals surface area contributed by atoms with E-state index in [9.17, 15) is 0 Å². The number of aryl methyl sites for hydroxylation is 1. The molecule has 5 rings (SSSR count). The molecule has 2 saturated heterocycles. The molecular weight excluding hydrogens is 300 g/mol. The zero-order chi connectivity index (χ0) is 16.1. The summed E-state index contributed by atoms with van der Waals surface area (Å²) in [6, 6.07) is 7.45. The smallest absolute Gasteiger partial charge is 0.143 e. The zero-order valence-corrected chi connectivity index (χ0v) is 13.7. The largest absolute Gasteiger partial charge is 0.353 e. The van der Waals surface area contributed by atoms with Gasteiger partial charge in [0, 0.05) is 48.3 Å². The molecule has 2 atom stereocenters. The molecular formula is C18H20N6. The Balaban J connectivity index is 1.56. The zero-order valence-electron chi connectivity index (χ0n) is 13.7. The van der Waals surface area contributed by atoms with Crippen molar-refractivity contribution in [1.29, 1.82) is 0 Å². The highest BCUT2D eigenvalue weighted by molar-refractivity contribution is 5.91. The van der Waals surface area contributed by atoms with Crippen molar-refractivity contribution in [1.82, 2.24) is 25.3 Å². The van der Waals surface area contributed by atoms with Gasteiger partial charge in [-0.25, -0.2) is 9.97 Å². The van der Waals surface area contributed by atoms with Crippen LogP contribution in [-0.4, -0.2) is 45.1 Å². The Kier molecular flexibility index (Phi) is 3.06. The lowest BCUT2D eigenvalue weighted by molar-refractivity contribution is 0.464. The summed E-state index contributed by atoms with van der Waals surface area (Å²) in [5.74, 6) is 1.04. The van der Waals surface area contributed by atoms with Gasteiger partial charge in [0.05, 0.1) is 5.39 Å². The lowest BCUT2D eigenvalue weighted by Gasteiger charge is -2.33. The Labute approximate surface area is 140 Å². The summed E-state index contributed by atoms with van der Waals surface area (Å²) in [6.07, 6.45) is 6.10. The Bertz CT molecular complexity index is 872. The van der Waals surface area contributed by atoms with Gasteiger partial charge < -0.3 is 15.2 Å². The molecule has 3 aromatic heterocycles. The van der Waals surface area contributed by atoms with E-state index in [1.54, 1.807) is 6.33 Å². The molecule has 2 aliphatic heterocycles. The van der Waals surface area contributed by atoms with Crippen LogP contribution in [0.15, 0.2) is 30.7 Å². The van der Waals surface area contributed by atoms with E-state index in [4.69, 9.17) is 0 Å². The average Bonchev–Trinajstić information content (AvgIpc) is 3.18. The van der Waals surface area contributed by atoms with Crippen LogP contribution in [0.1, 0.15) is 18.5 Å². The molecule has 2 bridgehead atoms. The minimum atomic E-state index is 0.591. The Hall–Kier alpha value is -2.47. The highest BCUT2D eigenvalue weighted by Crippen LogP contribution is 2.31. The van der Waals surface area contributed by atoms with E-state index < -0.39 is 0 Å². The molecule has 6 nitrogen and oxygen atoms in total. The fourth-order valence-corrected chi connectivity index (χ4v) is 3.93. The highest BCUT2D eigenvalue weighted by atomic mass is 15.3. The summed E-state index contributed by atoms with van der Waals surface area (Å²) in [7, 11) is 0. The van der Waals surface area contributed by atoms with Gasteiger partial charge in [0.2, 0.25) is 0 Å². The third kappa shape index (κ3) is 2.26. The summed E-state index contributed by atoms with van der Waals surface area (Å²) in [5.41, 5.74) is 4.02. The SMILES string of the molecule is Cc1ccc(-c2cc3c(N4CC5CCC(C4)N5)ncnc3[nH]2)cn1. The Morgan fingerprint density at radius 1 is 1.08 bits per heavy atom. The second kappa shape index (κ2) is 5.27. The van der Waals surface area contributed by atoms with Crippen molar-refractivity contribution in [3.63, 3.8) is 0 Å². The van der Waals surface area contributed by atoms with Crippen LogP contribution < -0.4 is 10.2 Å². The second-order valence-electron chi connectivity index (χ2n) is 6.87. The van der Waals surface area contributed by atoms with Gasteiger partial charge in [-0.3, -0.25) is 4.98 Å². The van der Waals surface area contributed by atoms with Crippen LogP contribution in [0.5, 0.6) is 0 Å². The fraction of sp³-hybridized carbons (Fsp3) is 0.389. The van der Waals surface area contributed by atoms with Crippen LogP contribution in [0.3, 0.4) is 0 Å². The van der Waals surface area contributed by atoms with Crippen molar-refractivity contribution in [2.24, 2.45) is 0 Å². The Morgan fingerprint density at radius 2 is 1.92 bits per heavy atom. The second-order valence-corrected chi connectivity index (χ2v) is 6.87. The van der Waals surface area contributed by atoms with Crippen molar-refractivity contribution < 1.29 is 0 Å². The molecule has 5 heterocycles. The molecule has 0 amide bonds. The summed E-state index contributed by atoms with van der Waals surface area (Å²) in [4.78, 5) is 19.2. The predicted octanol–water partition coefficient (Wildman–Crippen LogP) is 2.27. The minimum absolute atomic E-state index is 0.591. The van der Waals surface area contributed by atoms with Crippen LogP contribution in [0.25, 0.3) is 22.3 Å². The van der Waals surface area contributed by atoms with Crippen molar-refractivity contribution in [2.45, 2.75) is 31.8 Å². The first-order chi connectivity index (χ1) is 11.8. The van der Waals surface area contributed by atoms with E-state index in [-0.39, 0.29) is 0 Å². The lowest BCUT2D eigenvalue weighted by atomic mass is 10.2. The molecule has 122 valence electrons. The van der Waals surface area contributed by atoms with Crippen molar-refractivity contribution in [3.8, 4) is 11.3 Å². The van der Waals surface area contributed by atoms with Crippen LogP contribution in [0.2, 0.25) is 0 Å². The first-order valence-electron chi connectivity index (χ1n) is 8.54. The molecule has 0 radical (unpaired) electrons. The molecule has 0 saturated carbocycles. The lowest BCUT2D eigenvalue weighted by Crippen LogP contribution is -2.51. The normalized spacial score (nSPS) is 23.1. The molecule has 2 unspecified atom stereocenters. The summed E-state index contributed by atoms with van der Waals surface area (Å²) >= 11 is 0. The van der Waals surface area contributed by atoms with Gasteiger partial charge in [-0.05, 0) is 38.0 Å². The molecule has 6 heteroatoms. The van der Waals surface area contributed by atoms with E-state index in [2.05, 4.69) is 42.3 Å². The fourth-order valence-electron chi connectivity index (χ4n) is 3.93. The first-order valence-corrected chi connectivity index (χ1v) is 8.54. The van der Waals surface area contributed by atoms with E-state index in [0.717, 1.165) is 46.9 Å². The third-order valence-electron chi connectivity index (χ3n) is 5.14. The topological polar surface area (TPSA) is 69.7 Å². The molecule has 2 fully saturated rings. The van der Waals surface area contributed by atoms with Crippen LogP contribution in [-0.2, 0) is 0 Å². The summed E-state index contributed by atoms with van der Waals surface area (Å²) < 4.78 is 0. The van der Waals surface area contributed by atoms with E-state index in [0.29, 0.717) is 12.1 Å². The maximum absolute atomic E-state index is 4.60. The number of nitrogens with one attached hydrogen (secondary N) is 2. The molecule has 24 heavy (non-hydrogen) atoms. The Morgan fingerprint density at radius 3 is 2.67 bits per heavy atom. The van der Waals surface area contributed by atoms with E-state index in [1.807, 2.05) is 19.2 Å². The number of aromatic amines is 1. The summed E-state index contributed by atoms with van der Waals surface area (Å²) in [6.45, 7) is 4.04. The van der Waals surface area contributed by atoms with Gasteiger partial charge in [0.1, 0.15) is 17.8 Å². The van der Waals surface area contributed by atoms with Gasteiger partial charge >= 0.3 is 0 Å². The number of anilines is 1. The molecule has 2 N–H and O–H groups in total. The summed E-state index contributed by atoms with van der Waals surface area (Å²) in [5, 5.41) is 4.77. The van der Waals surface area contributed by atoms with Gasteiger partial charge in [-0.1, -0.05) is 0 Å². The standard InChI is InChI=1S/C18H20N6/c1-11-2-3-12(7-19-11)16-6-15-17(23-16)20-10-21-18(15)24-8-13-4-5-14(9-24)22-13/h2-3,6-7,10,13-14,22H,4-5,8-9H2,1H3,(H,20,21,23). The van der Waals surface area contributed by atoms with E-state index >= 15 is 0 Å². The van der Waals surface area contributed by atoms with Crippen LogP contribution >= 0.6 is 0 Å². The van der Waals surface area contributed by atoms with Gasteiger partial charge in [0.25, 0.3) is 0 Å². The molecule has 2 aliphatic rings. The monoisotopic (exact) mass is 320 g/mol. The maximum Gasteiger partial charge on any atom is 0.143 e. The number of nitrogens with zero attached hydrogens (tertiary/aromatic N) is 4. The number of pyridine rings is 1. The molecule has 0 aliphatic carbocycles. The maximum atomic E-state index is 4.60. The predicted molar refractivity (Wildman–Crippen MR) is 94.0 cm³/mol. The molecule has 0 spiro atoms. The van der Waals surface area contributed by atoms with Crippen LogP contribution in [0, 0.1) is 6.92 Å². The molecule has 3 aromatic rings. The van der Waals surface area contributed by atoms with Crippen molar-refractivity contribution >= 4 is 16.9 Å². The third-order valence-corrected chi connectivity index (χ3v) is 5.14. The number of rotatable bonds is 2. The number of aromatic nitrogens is 4. The number of H-pyrrole nitrogens is 1. The number of fused-ring (bicyclic) bond motifs is 3. The van der Waals surface area contributed by atoms with Gasteiger partial charge in [0.15, 0.2) is 0 Å². The minimum Gasteiger partial charge on any atom is -0.353 e. The van der Waals surface area contributed by atoms with Gasteiger partial charge in [-0.15, -0.1) is 0 Å². The van der Waals surface area contributed by atoms with Crippen molar-refractivity contribution in [3.05, 3.63) is 36.4 Å². The van der Waals surface area contributed by atoms with Gasteiger partial charge in [-0.2, -0.15) is 0 Å². The van der Waals surface area contributed by atoms with Crippen molar-refractivity contribution in [2.75, 3.05) is 18.0 Å². The number of hydrogen-bond donors (Lipinski definition) is 2. The first kappa shape index (κ1) is 13.9. The quantitative estimate of drug-likeness (QED) is 0.758. The van der Waals surface area contributed by atoms with E-state index in [1.165, 1.54) is 12.8 Å². The average molecular weight is 320 g/mol. The molecule has 0 aromatic carbocycles. The van der Waals surface area contributed by atoms with Crippen LogP contribution in [0.4, 0.5) is 5.82 Å². The number of piperazine rings is 1. The highest BCUT2D eigenvalue weighted by Gasteiger charge is 2.33.